The first-order valence-electron chi connectivity index (χ1n) is 7.68. The number of carbonyl (C=O) groups is 1. The molecular weight excluding hydrogens is 356 g/mol. The van der Waals surface area contributed by atoms with E-state index in [1.165, 1.54) is 0 Å². The van der Waals surface area contributed by atoms with Crippen molar-refractivity contribution in [3.05, 3.63) is 64.5 Å². The first-order valence-corrected chi connectivity index (χ1v) is 8.47. The average molecular weight is 375 g/mol. The van der Waals surface area contributed by atoms with E-state index in [9.17, 15) is 4.79 Å². The van der Waals surface area contributed by atoms with Crippen LogP contribution in [-0.4, -0.2) is 41.9 Å². The molecule has 1 aromatic carbocycles. The maximum Gasteiger partial charge on any atom is 0.246 e. The molecule has 1 fully saturated rings. The maximum atomic E-state index is 12.3. The van der Waals surface area contributed by atoms with Crippen molar-refractivity contribution in [3.8, 4) is 0 Å². The van der Waals surface area contributed by atoms with Crippen LogP contribution < -0.4 is 0 Å². The molecule has 5 heteroatoms. The molecular formula is C18H19BrN2O2. The highest BCUT2D eigenvalue weighted by molar-refractivity contribution is 9.10. The predicted molar refractivity (Wildman–Crippen MR) is 93.7 cm³/mol. The van der Waals surface area contributed by atoms with Crippen molar-refractivity contribution < 1.29 is 9.21 Å². The van der Waals surface area contributed by atoms with Gasteiger partial charge >= 0.3 is 0 Å². The van der Waals surface area contributed by atoms with Crippen LogP contribution in [0.3, 0.4) is 0 Å². The number of amides is 1. The number of rotatable bonds is 4. The third-order valence-corrected chi connectivity index (χ3v) is 4.46. The molecule has 23 heavy (non-hydrogen) atoms. The molecule has 0 N–H and O–H groups in total. The lowest BCUT2D eigenvalue weighted by Crippen LogP contribution is -2.47. The summed E-state index contributed by atoms with van der Waals surface area (Å²) in [7, 11) is 0. The van der Waals surface area contributed by atoms with Crippen molar-refractivity contribution in [2.45, 2.75) is 6.54 Å². The van der Waals surface area contributed by atoms with E-state index < -0.39 is 0 Å². The smallest absolute Gasteiger partial charge is 0.246 e. The van der Waals surface area contributed by atoms with E-state index in [0.29, 0.717) is 0 Å². The Hall–Kier alpha value is -1.85. The fraction of sp³-hybridized carbons (Fsp3) is 0.278. The molecule has 1 aliphatic rings. The molecule has 1 aliphatic heterocycles. The van der Waals surface area contributed by atoms with Crippen LogP contribution in [0.15, 0.2) is 57.6 Å². The Labute approximate surface area is 144 Å². The van der Waals surface area contributed by atoms with Gasteiger partial charge < -0.3 is 9.32 Å². The van der Waals surface area contributed by atoms with Crippen LogP contribution in [0.2, 0.25) is 0 Å². The van der Waals surface area contributed by atoms with Gasteiger partial charge in [-0.2, -0.15) is 0 Å². The number of carbonyl (C=O) groups excluding carboxylic acids is 1. The van der Waals surface area contributed by atoms with E-state index >= 15 is 0 Å². The molecule has 1 saturated heterocycles. The molecule has 0 spiro atoms. The van der Waals surface area contributed by atoms with Crippen molar-refractivity contribution in [1.82, 2.24) is 9.80 Å². The van der Waals surface area contributed by atoms with E-state index in [-0.39, 0.29) is 5.91 Å². The van der Waals surface area contributed by atoms with Gasteiger partial charge in [-0.15, -0.1) is 0 Å². The van der Waals surface area contributed by atoms with Crippen LogP contribution in [0, 0.1) is 0 Å². The van der Waals surface area contributed by atoms with Gasteiger partial charge in [-0.05, 0) is 35.9 Å². The molecule has 0 bridgehead atoms. The summed E-state index contributed by atoms with van der Waals surface area (Å²) in [6.45, 7) is 4.06. The number of nitrogens with zero attached hydrogens (tertiary/aromatic N) is 2. The first-order chi connectivity index (χ1) is 11.2. The Morgan fingerprint density at radius 2 is 1.87 bits per heavy atom. The van der Waals surface area contributed by atoms with Crippen molar-refractivity contribution in [2.75, 3.05) is 26.2 Å². The molecule has 1 amide bonds. The van der Waals surface area contributed by atoms with Gasteiger partial charge in [-0.1, -0.05) is 28.1 Å². The highest BCUT2D eigenvalue weighted by atomic mass is 79.9. The fourth-order valence-corrected chi connectivity index (χ4v) is 2.86. The summed E-state index contributed by atoms with van der Waals surface area (Å²) in [5.41, 5.74) is 1.03. The van der Waals surface area contributed by atoms with E-state index in [1.54, 1.807) is 12.3 Å². The van der Waals surface area contributed by atoms with E-state index in [2.05, 4.69) is 20.8 Å². The van der Waals surface area contributed by atoms with Gasteiger partial charge in [0.2, 0.25) is 5.91 Å². The summed E-state index contributed by atoms with van der Waals surface area (Å²) in [5.74, 6) is 1.05. The minimum atomic E-state index is 0.0746. The van der Waals surface area contributed by atoms with Crippen molar-refractivity contribution >= 4 is 27.9 Å². The van der Waals surface area contributed by atoms with E-state index in [4.69, 9.17) is 4.42 Å². The minimum absolute atomic E-state index is 0.0746. The van der Waals surface area contributed by atoms with Crippen molar-refractivity contribution in [1.29, 1.82) is 0 Å². The lowest BCUT2D eigenvalue weighted by Gasteiger charge is -2.33. The van der Waals surface area contributed by atoms with Crippen molar-refractivity contribution in [3.63, 3.8) is 0 Å². The Bertz CT molecular complexity index is 657. The zero-order chi connectivity index (χ0) is 16.1. The van der Waals surface area contributed by atoms with Gasteiger partial charge in [0.1, 0.15) is 5.76 Å². The Morgan fingerprint density at radius 3 is 2.52 bits per heavy atom. The van der Waals surface area contributed by atoms with Gasteiger partial charge in [-0.3, -0.25) is 9.69 Å². The highest BCUT2D eigenvalue weighted by Gasteiger charge is 2.20. The predicted octanol–water partition coefficient (Wildman–Crippen LogP) is 3.40. The fourth-order valence-electron chi connectivity index (χ4n) is 2.60. The van der Waals surface area contributed by atoms with Gasteiger partial charge in [0.15, 0.2) is 0 Å². The zero-order valence-corrected chi connectivity index (χ0v) is 14.4. The quantitative estimate of drug-likeness (QED) is 0.769. The summed E-state index contributed by atoms with van der Waals surface area (Å²) in [4.78, 5) is 16.5. The molecule has 4 nitrogen and oxygen atoms in total. The molecule has 3 rings (SSSR count). The summed E-state index contributed by atoms with van der Waals surface area (Å²) >= 11 is 3.40. The second-order valence-corrected chi connectivity index (χ2v) is 6.48. The first kappa shape index (κ1) is 16.0. The van der Waals surface area contributed by atoms with Crippen LogP contribution in [0.5, 0.6) is 0 Å². The van der Waals surface area contributed by atoms with Crippen LogP contribution in [0.25, 0.3) is 6.08 Å². The molecule has 2 aromatic rings. The Morgan fingerprint density at radius 1 is 1.13 bits per heavy atom. The normalized spacial score (nSPS) is 16.1. The highest BCUT2D eigenvalue weighted by Crippen LogP contribution is 2.12. The summed E-state index contributed by atoms with van der Waals surface area (Å²) in [5, 5.41) is 0. The van der Waals surface area contributed by atoms with Gasteiger partial charge in [-0.25, -0.2) is 0 Å². The monoisotopic (exact) mass is 374 g/mol. The third-order valence-electron chi connectivity index (χ3n) is 3.93. The second-order valence-electron chi connectivity index (χ2n) is 5.57. The number of hydrogen-bond acceptors (Lipinski definition) is 3. The van der Waals surface area contributed by atoms with Crippen LogP contribution >= 0.6 is 15.9 Å². The number of piperazine rings is 1. The number of hydrogen-bond donors (Lipinski definition) is 0. The van der Waals surface area contributed by atoms with Crippen LogP contribution in [0.1, 0.15) is 11.3 Å². The Balaban J connectivity index is 1.49. The standard InChI is InChI=1S/C18H19BrN2O2/c19-16-6-3-15(4-7-16)5-8-18(22)21-11-9-20(10-12-21)14-17-2-1-13-23-17/h1-8,13H,9-12,14H2/b8-5+. The topological polar surface area (TPSA) is 36.7 Å². The molecule has 0 radical (unpaired) electrons. The number of halogens is 1. The molecule has 120 valence electrons. The van der Waals surface area contributed by atoms with Gasteiger partial charge in [0, 0.05) is 36.7 Å². The lowest BCUT2D eigenvalue weighted by atomic mass is 10.2. The molecule has 0 aliphatic carbocycles. The van der Waals surface area contributed by atoms with E-state index in [0.717, 1.165) is 48.5 Å². The summed E-state index contributed by atoms with van der Waals surface area (Å²) in [6.07, 6.45) is 5.22. The molecule has 0 saturated carbocycles. The molecule has 1 aromatic heterocycles. The molecule has 2 heterocycles. The lowest BCUT2D eigenvalue weighted by molar-refractivity contribution is -0.127. The van der Waals surface area contributed by atoms with Gasteiger partial charge in [0.25, 0.3) is 0 Å². The maximum absolute atomic E-state index is 12.3. The summed E-state index contributed by atoms with van der Waals surface area (Å²) in [6, 6.07) is 11.8. The van der Waals surface area contributed by atoms with Gasteiger partial charge in [0.05, 0.1) is 12.8 Å². The van der Waals surface area contributed by atoms with Crippen LogP contribution in [-0.2, 0) is 11.3 Å². The number of benzene rings is 1. The zero-order valence-electron chi connectivity index (χ0n) is 12.8. The van der Waals surface area contributed by atoms with E-state index in [1.807, 2.05) is 47.4 Å². The second kappa shape index (κ2) is 7.62. The third kappa shape index (κ3) is 4.56. The largest absolute Gasteiger partial charge is 0.468 e. The molecule has 0 atom stereocenters. The number of furan rings is 1. The van der Waals surface area contributed by atoms with Crippen LogP contribution in [0.4, 0.5) is 0 Å². The molecule has 0 unspecified atom stereocenters. The Kier molecular flexibility index (Phi) is 5.31. The van der Waals surface area contributed by atoms with Crippen molar-refractivity contribution in [2.24, 2.45) is 0 Å². The SMILES string of the molecule is O=C(/C=C/c1ccc(Br)cc1)N1CCN(Cc2ccco2)CC1. The summed E-state index contributed by atoms with van der Waals surface area (Å²) < 4.78 is 6.41. The average Bonchev–Trinajstić information content (AvgIpc) is 3.08. The minimum Gasteiger partial charge on any atom is -0.468 e.